The van der Waals surface area contributed by atoms with Gasteiger partial charge in [-0.1, -0.05) is 6.92 Å². The first kappa shape index (κ1) is 20.8. The lowest BCUT2D eigenvalue weighted by molar-refractivity contribution is -0.00264. The summed E-state index contributed by atoms with van der Waals surface area (Å²) < 4.78 is 8.12. The summed E-state index contributed by atoms with van der Waals surface area (Å²) in [6, 6.07) is 0. The van der Waals surface area contributed by atoms with Gasteiger partial charge in [-0.3, -0.25) is 14.1 Å². The van der Waals surface area contributed by atoms with Gasteiger partial charge in [0.1, 0.15) is 0 Å². The molecule has 0 N–H and O–H groups in total. The van der Waals surface area contributed by atoms with E-state index in [2.05, 4.69) is 28.2 Å². The predicted octanol–water partition coefficient (Wildman–Crippen LogP) is 2.56. The minimum absolute atomic E-state index is 0.0852. The number of carbonyl (C=O) groups excluding carboxylic acids is 1. The van der Waals surface area contributed by atoms with E-state index in [1.165, 1.54) is 0 Å². The summed E-state index contributed by atoms with van der Waals surface area (Å²) in [6.07, 6.45) is 6.69. The molecule has 2 aliphatic rings. The molecule has 8 heteroatoms. The number of likely N-dealkylation sites (N-methyl/N-ethyl adjacent to an activating group) is 1. The second kappa shape index (κ2) is 9.55. The van der Waals surface area contributed by atoms with Crippen molar-refractivity contribution in [2.45, 2.75) is 45.3 Å². The van der Waals surface area contributed by atoms with E-state index in [1.54, 1.807) is 11.3 Å². The van der Waals surface area contributed by atoms with Crippen LogP contribution in [0.15, 0.2) is 11.6 Å². The fourth-order valence-corrected chi connectivity index (χ4v) is 5.08. The van der Waals surface area contributed by atoms with Crippen molar-refractivity contribution in [3.63, 3.8) is 0 Å². The third-order valence-electron chi connectivity index (χ3n) is 5.96. The fraction of sp³-hybridized carbons (Fsp3) is 0.714. The number of ether oxygens (including phenoxy) is 1. The van der Waals surface area contributed by atoms with Gasteiger partial charge in [-0.05, 0) is 45.8 Å². The number of likely N-dealkylation sites (tertiary alicyclic amines) is 1. The first-order valence-electron chi connectivity index (χ1n) is 10.9. The Balaban J connectivity index is 1.52. The van der Waals surface area contributed by atoms with Gasteiger partial charge < -0.3 is 14.5 Å². The van der Waals surface area contributed by atoms with Crippen LogP contribution in [0.2, 0.25) is 0 Å². The summed E-state index contributed by atoms with van der Waals surface area (Å²) >= 11 is 1.59. The van der Waals surface area contributed by atoms with Crippen molar-refractivity contribution in [3.05, 3.63) is 23.0 Å². The second-order valence-electron chi connectivity index (χ2n) is 8.28. The Labute approximate surface area is 177 Å². The highest BCUT2D eigenvalue weighted by Gasteiger charge is 2.28. The fourth-order valence-electron chi connectivity index (χ4n) is 4.34. The summed E-state index contributed by atoms with van der Waals surface area (Å²) in [4.78, 5) is 25.8. The number of carbonyl (C=O) groups is 1. The van der Waals surface area contributed by atoms with Gasteiger partial charge in [0.05, 0.1) is 11.8 Å². The first-order chi connectivity index (χ1) is 14.2. The Morgan fingerprint density at radius 3 is 3.00 bits per heavy atom. The van der Waals surface area contributed by atoms with Gasteiger partial charge in [0.2, 0.25) is 0 Å². The van der Waals surface area contributed by atoms with Crippen molar-refractivity contribution in [2.24, 2.45) is 0 Å². The molecule has 0 bridgehead atoms. The van der Waals surface area contributed by atoms with Crippen LogP contribution in [0, 0.1) is 0 Å². The molecule has 4 rings (SSSR count). The maximum Gasteiger partial charge on any atom is 0.274 e. The van der Waals surface area contributed by atoms with Gasteiger partial charge in [0, 0.05) is 50.9 Å². The number of amides is 1. The Hall–Kier alpha value is -1.48. The van der Waals surface area contributed by atoms with E-state index in [4.69, 9.17) is 9.72 Å². The Morgan fingerprint density at radius 1 is 1.24 bits per heavy atom. The second-order valence-corrected chi connectivity index (χ2v) is 9.15. The van der Waals surface area contributed by atoms with Crippen LogP contribution in [-0.4, -0.2) is 89.0 Å². The molecule has 0 aliphatic carbocycles. The van der Waals surface area contributed by atoms with Gasteiger partial charge in [-0.15, -0.1) is 11.3 Å². The van der Waals surface area contributed by atoms with Crippen LogP contribution in [0.3, 0.4) is 0 Å². The van der Waals surface area contributed by atoms with Crippen LogP contribution in [0.4, 0.5) is 0 Å². The van der Waals surface area contributed by atoms with Crippen molar-refractivity contribution in [1.82, 2.24) is 24.1 Å². The minimum atomic E-state index is 0.0852. The summed E-state index contributed by atoms with van der Waals surface area (Å²) in [5, 5.41) is 2.05. The van der Waals surface area contributed by atoms with E-state index in [9.17, 15) is 4.79 Å². The van der Waals surface area contributed by atoms with E-state index in [-0.39, 0.29) is 5.91 Å². The molecule has 2 fully saturated rings. The van der Waals surface area contributed by atoms with Crippen LogP contribution >= 0.6 is 11.3 Å². The number of piperidine rings is 1. The summed E-state index contributed by atoms with van der Waals surface area (Å²) in [5.74, 6) is 0.0852. The molecule has 7 nitrogen and oxygen atoms in total. The number of fused-ring (bicyclic) bond motifs is 1. The smallest absolute Gasteiger partial charge is 0.274 e. The van der Waals surface area contributed by atoms with E-state index in [1.807, 2.05) is 16.5 Å². The zero-order chi connectivity index (χ0) is 20.2. The lowest BCUT2D eigenvalue weighted by Crippen LogP contribution is -2.40. The third kappa shape index (κ3) is 4.82. The highest BCUT2D eigenvalue weighted by atomic mass is 32.1. The predicted molar refractivity (Wildman–Crippen MR) is 116 cm³/mol. The molecule has 0 aromatic carbocycles. The first-order valence-corrected chi connectivity index (χ1v) is 11.8. The molecule has 0 saturated carbocycles. The molecule has 4 heterocycles. The quantitative estimate of drug-likeness (QED) is 0.720. The molecule has 2 aromatic heterocycles. The Kier molecular flexibility index (Phi) is 6.85. The molecule has 0 unspecified atom stereocenters. The van der Waals surface area contributed by atoms with Crippen molar-refractivity contribution in [3.8, 4) is 0 Å². The van der Waals surface area contributed by atoms with E-state index >= 15 is 0 Å². The number of hydrogen-bond acceptors (Lipinski definition) is 6. The van der Waals surface area contributed by atoms with Gasteiger partial charge in [-0.2, -0.15) is 0 Å². The standard InChI is InChI=1S/C21H33N5O2S/c1-3-13-28-17-6-4-8-24(15-17)16-18-19(22-21-26(18)12-14-29-21)20(27)25-9-5-7-23(2)10-11-25/h12,14,17H,3-11,13,15-16H2,1-2H3/t17-/m1/s1. The molecule has 0 spiro atoms. The average Bonchev–Trinajstić information content (AvgIpc) is 3.24. The van der Waals surface area contributed by atoms with Gasteiger partial charge >= 0.3 is 0 Å². The van der Waals surface area contributed by atoms with Gasteiger partial charge in [-0.25, -0.2) is 4.98 Å². The number of imidazole rings is 1. The summed E-state index contributed by atoms with van der Waals surface area (Å²) in [6.45, 7) is 9.25. The highest BCUT2D eigenvalue weighted by Crippen LogP contribution is 2.23. The highest BCUT2D eigenvalue weighted by molar-refractivity contribution is 7.15. The zero-order valence-corrected chi connectivity index (χ0v) is 18.5. The summed E-state index contributed by atoms with van der Waals surface area (Å²) in [7, 11) is 2.12. The lowest BCUT2D eigenvalue weighted by Gasteiger charge is -2.32. The van der Waals surface area contributed by atoms with Gasteiger partial charge in [0.25, 0.3) is 5.91 Å². The normalized spacial score (nSPS) is 22.3. The zero-order valence-electron chi connectivity index (χ0n) is 17.7. The van der Waals surface area contributed by atoms with E-state index < -0.39 is 0 Å². The molecular weight excluding hydrogens is 386 g/mol. The Morgan fingerprint density at radius 2 is 2.14 bits per heavy atom. The maximum absolute atomic E-state index is 13.4. The molecule has 1 amide bonds. The number of nitrogens with zero attached hydrogens (tertiary/aromatic N) is 5. The van der Waals surface area contributed by atoms with Crippen LogP contribution in [0.5, 0.6) is 0 Å². The molecule has 29 heavy (non-hydrogen) atoms. The molecule has 160 valence electrons. The maximum atomic E-state index is 13.4. The molecular formula is C21H33N5O2S. The average molecular weight is 420 g/mol. The van der Waals surface area contributed by atoms with Crippen LogP contribution < -0.4 is 0 Å². The van der Waals surface area contributed by atoms with Crippen LogP contribution in [-0.2, 0) is 11.3 Å². The molecule has 2 saturated heterocycles. The van der Waals surface area contributed by atoms with Crippen molar-refractivity contribution in [2.75, 3.05) is 52.9 Å². The minimum Gasteiger partial charge on any atom is -0.377 e. The molecule has 1 atom stereocenters. The molecule has 0 radical (unpaired) electrons. The van der Waals surface area contributed by atoms with E-state index in [0.717, 1.165) is 88.8 Å². The third-order valence-corrected chi connectivity index (χ3v) is 6.72. The van der Waals surface area contributed by atoms with Crippen molar-refractivity contribution < 1.29 is 9.53 Å². The van der Waals surface area contributed by atoms with Crippen LogP contribution in [0.1, 0.15) is 48.8 Å². The number of rotatable bonds is 6. The molecule has 2 aromatic rings. The Bertz CT molecular complexity index is 819. The van der Waals surface area contributed by atoms with Crippen LogP contribution in [0.25, 0.3) is 4.96 Å². The van der Waals surface area contributed by atoms with Gasteiger partial charge in [0.15, 0.2) is 10.7 Å². The number of thiazole rings is 1. The largest absolute Gasteiger partial charge is 0.377 e. The topological polar surface area (TPSA) is 53.3 Å². The summed E-state index contributed by atoms with van der Waals surface area (Å²) in [5.41, 5.74) is 1.66. The van der Waals surface area contributed by atoms with E-state index in [0.29, 0.717) is 11.8 Å². The monoisotopic (exact) mass is 419 g/mol. The van der Waals surface area contributed by atoms with Crippen molar-refractivity contribution in [1.29, 1.82) is 0 Å². The SMILES string of the molecule is CCCO[C@@H]1CCCN(Cc2c(C(=O)N3CCCN(C)CC3)nc3sccn23)C1. The van der Waals surface area contributed by atoms with Crippen molar-refractivity contribution >= 4 is 22.2 Å². The molecule has 2 aliphatic heterocycles. The number of hydrogen-bond donors (Lipinski definition) is 0. The number of aromatic nitrogens is 2. The lowest BCUT2D eigenvalue weighted by atomic mass is 10.1.